The minimum Gasteiger partial charge on any atom is -0.354 e. The van der Waals surface area contributed by atoms with Gasteiger partial charge in [0, 0.05) is 13.1 Å². The van der Waals surface area contributed by atoms with Crippen molar-refractivity contribution in [2.45, 2.75) is 25.3 Å². The Morgan fingerprint density at radius 2 is 2.17 bits per heavy atom. The summed E-state index contributed by atoms with van der Waals surface area (Å²) in [7, 11) is 0. The highest BCUT2D eigenvalue weighted by atomic mass is 32.1. The lowest BCUT2D eigenvalue weighted by atomic mass is 10.1. The summed E-state index contributed by atoms with van der Waals surface area (Å²) in [4.78, 5) is 27.2. The third-order valence-electron chi connectivity index (χ3n) is 4.15. The molecule has 2 heterocycles. The van der Waals surface area contributed by atoms with E-state index in [0.29, 0.717) is 30.8 Å². The molecular formula is C18H19FN2O2S. The molecule has 0 radical (unpaired) electrons. The summed E-state index contributed by atoms with van der Waals surface area (Å²) in [6.45, 7) is 1.04. The second kappa shape index (κ2) is 7.57. The highest BCUT2D eigenvalue weighted by molar-refractivity contribution is 7.12. The van der Waals surface area contributed by atoms with Gasteiger partial charge in [0.05, 0.1) is 4.88 Å². The Balaban J connectivity index is 1.55. The summed E-state index contributed by atoms with van der Waals surface area (Å²) in [5.41, 5.74) is 0.841. The van der Waals surface area contributed by atoms with E-state index in [-0.39, 0.29) is 17.6 Å². The van der Waals surface area contributed by atoms with Crippen molar-refractivity contribution >= 4 is 23.2 Å². The van der Waals surface area contributed by atoms with E-state index in [2.05, 4.69) is 5.32 Å². The number of benzene rings is 1. The number of carbonyl (C=O) groups excluding carboxylic acids is 2. The second-order valence-corrected chi connectivity index (χ2v) is 6.75. The first-order valence-corrected chi connectivity index (χ1v) is 8.90. The van der Waals surface area contributed by atoms with E-state index in [1.54, 1.807) is 17.0 Å². The van der Waals surface area contributed by atoms with Gasteiger partial charge in [0.15, 0.2) is 0 Å². The fraction of sp³-hybridized carbons (Fsp3) is 0.333. The predicted octanol–water partition coefficient (Wildman–Crippen LogP) is 2.85. The lowest BCUT2D eigenvalue weighted by Gasteiger charge is -2.23. The normalized spacial score (nSPS) is 17.0. The highest BCUT2D eigenvalue weighted by Crippen LogP contribution is 2.22. The largest absolute Gasteiger partial charge is 0.354 e. The van der Waals surface area contributed by atoms with Crippen LogP contribution in [0.3, 0.4) is 0 Å². The quantitative estimate of drug-likeness (QED) is 0.905. The fourth-order valence-electron chi connectivity index (χ4n) is 2.96. The van der Waals surface area contributed by atoms with Crippen molar-refractivity contribution in [1.82, 2.24) is 10.2 Å². The van der Waals surface area contributed by atoms with Gasteiger partial charge in [-0.05, 0) is 48.4 Å². The van der Waals surface area contributed by atoms with Crippen LogP contribution in [0.5, 0.6) is 0 Å². The maximum atomic E-state index is 13.1. The number of rotatable bonds is 5. The first-order valence-electron chi connectivity index (χ1n) is 8.02. The van der Waals surface area contributed by atoms with Gasteiger partial charge in [0.25, 0.3) is 5.91 Å². The summed E-state index contributed by atoms with van der Waals surface area (Å²) >= 11 is 1.39. The van der Waals surface area contributed by atoms with Crippen LogP contribution in [0.2, 0.25) is 0 Å². The molecule has 0 bridgehead atoms. The number of hydrogen-bond acceptors (Lipinski definition) is 3. The molecule has 0 spiro atoms. The Morgan fingerprint density at radius 1 is 1.29 bits per heavy atom. The Bertz CT molecular complexity index is 718. The highest BCUT2D eigenvalue weighted by Gasteiger charge is 2.34. The maximum Gasteiger partial charge on any atom is 0.264 e. The number of halogens is 1. The van der Waals surface area contributed by atoms with E-state index in [4.69, 9.17) is 0 Å². The molecule has 4 nitrogen and oxygen atoms in total. The summed E-state index contributed by atoms with van der Waals surface area (Å²) in [6.07, 6.45) is 2.08. The molecule has 24 heavy (non-hydrogen) atoms. The number of nitrogens with one attached hydrogen (secondary N) is 1. The van der Waals surface area contributed by atoms with Crippen LogP contribution in [0.15, 0.2) is 41.8 Å². The van der Waals surface area contributed by atoms with Crippen LogP contribution in [0.4, 0.5) is 4.39 Å². The van der Waals surface area contributed by atoms with Gasteiger partial charge in [-0.2, -0.15) is 0 Å². The molecule has 1 fully saturated rings. The summed E-state index contributed by atoms with van der Waals surface area (Å²) < 4.78 is 13.1. The average Bonchev–Trinajstić information content (AvgIpc) is 3.26. The van der Waals surface area contributed by atoms with Crippen molar-refractivity contribution < 1.29 is 14.0 Å². The minimum atomic E-state index is -0.410. The zero-order valence-corrected chi connectivity index (χ0v) is 14.0. The monoisotopic (exact) mass is 346 g/mol. The van der Waals surface area contributed by atoms with Crippen LogP contribution < -0.4 is 5.32 Å². The van der Waals surface area contributed by atoms with E-state index in [1.165, 1.54) is 23.5 Å². The first kappa shape index (κ1) is 16.6. The van der Waals surface area contributed by atoms with Gasteiger partial charge in [-0.3, -0.25) is 9.59 Å². The van der Waals surface area contributed by atoms with Gasteiger partial charge in [-0.25, -0.2) is 4.39 Å². The molecule has 1 aliphatic heterocycles. The van der Waals surface area contributed by atoms with E-state index < -0.39 is 6.04 Å². The molecule has 2 amide bonds. The van der Waals surface area contributed by atoms with Crippen molar-refractivity contribution in [3.05, 3.63) is 58.0 Å². The Labute approximate surface area is 144 Å². The summed E-state index contributed by atoms with van der Waals surface area (Å²) in [5, 5.41) is 4.73. The van der Waals surface area contributed by atoms with Crippen LogP contribution in [0.1, 0.15) is 28.1 Å². The van der Waals surface area contributed by atoms with Crippen molar-refractivity contribution in [2.75, 3.05) is 13.1 Å². The van der Waals surface area contributed by atoms with Crippen LogP contribution >= 0.6 is 11.3 Å². The van der Waals surface area contributed by atoms with Gasteiger partial charge in [0.1, 0.15) is 11.9 Å². The number of nitrogens with zero attached hydrogens (tertiary/aromatic N) is 1. The molecule has 2 aromatic rings. The topological polar surface area (TPSA) is 49.4 Å². The van der Waals surface area contributed by atoms with E-state index in [9.17, 15) is 14.0 Å². The van der Waals surface area contributed by atoms with Gasteiger partial charge in [0.2, 0.25) is 5.91 Å². The molecule has 1 aliphatic rings. The van der Waals surface area contributed by atoms with Crippen LogP contribution in [-0.2, 0) is 11.2 Å². The van der Waals surface area contributed by atoms with Crippen LogP contribution in [0, 0.1) is 5.82 Å². The molecule has 126 valence electrons. The standard InChI is InChI=1S/C18H19FN2O2S/c19-14-5-1-4-13(12-14)8-9-20-17(22)15-6-2-10-21(15)18(23)16-7-3-11-24-16/h1,3-5,7,11-12,15H,2,6,8-10H2,(H,20,22)/t15-/m0/s1. The number of thiophene rings is 1. The Morgan fingerprint density at radius 3 is 2.92 bits per heavy atom. The number of amides is 2. The van der Waals surface area contributed by atoms with Crippen LogP contribution in [0.25, 0.3) is 0 Å². The first-order chi connectivity index (χ1) is 11.6. The van der Waals surface area contributed by atoms with Gasteiger partial charge in [-0.15, -0.1) is 11.3 Å². The van der Waals surface area contributed by atoms with Gasteiger partial charge >= 0.3 is 0 Å². The molecule has 0 aliphatic carbocycles. The van der Waals surface area contributed by atoms with Gasteiger partial charge < -0.3 is 10.2 Å². The number of hydrogen-bond donors (Lipinski definition) is 1. The molecule has 1 aromatic carbocycles. The van der Waals surface area contributed by atoms with Crippen molar-refractivity contribution in [3.8, 4) is 0 Å². The third kappa shape index (κ3) is 3.82. The minimum absolute atomic E-state index is 0.0761. The van der Waals surface area contributed by atoms with Gasteiger partial charge in [-0.1, -0.05) is 18.2 Å². The number of carbonyl (C=O) groups is 2. The van der Waals surface area contributed by atoms with E-state index in [0.717, 1.165) is 12.0 Å². The SMILES string of the molecule is O=C(NCCc1cccc(F)c1)[C@@H]1CCCN1C(=O)c1cccs1. The molecule has 6 heteroatoms. The average molecular weight is 346 g/mol. The molecule has 1 N–H and O–H groups in total. The lowest BCUT2D eigenvalue weighted by molar-refractivity contribution is -0.124. The van der Waals surface area contributed by atoms with Crippen molar-refractivity contribution in [3.63, 3.8) is 0 Å². The summed E-state index contributed by atoms with van der Waals surface area (Å²) in [6, 6.07) is 9.56. The summed E-state index contributed by atoms with van der Waals surface area (Å²) in [5.74, 6) is -0.482. The molecule has 1 aromatic heterocycles. The second-order valence-electron chi connectivity index (χ2n) is 5.80. The van der Waals surface area contributed by atoms with E-state index in [1.807, 2.05) is 17.5 Å². The molecule has 1 saturated heterocycles. The molecule has 0 unspecified atom stereocenters. The zero-order valence-electron chi connectivity index (χ0n) is 13.2. The molecular weight excluding hydrogens is 327 g/mol. The third-order valence-corrected chi connectivity index (χ3v) is 5.01. The lowest BCUT2D eigenvalue weighted by Crippen LogP contribution is -2.46. The molecule has 1 atom stereocenters. The predicted molar refractivity (Wildman–Crippen MR) is 91.5 cm³/mol. The van der Waals surface area contributed by atoms with Crippen LogP contribution in [-0.4, -0.2) is 35.8 Å². The molecule has 3 rings (SSSR count). The Hall–Kier alpha value is -2.21. The van der Waals surface area contributed by atoms with Crippen molar-refractivity contribution in [2.24, 2.45) is 0 Å². The Kier molecular flexibility index (Phi) is 5.25. The van der Waals surface area contributed by atoms with E-state index >= 15 is 0 Å². The molecule has 0 saturated carbocycles. The van der Waals surface area contributed by atoms with Crippen molar-refractivity contribution in [1.29, 1.82) is 0 Å². The fourth-order valence-corrected chi connectivity index (χ4v) is 3.64. The number of likely N-dealkylation sites (tertiary alicyclic amines) is 1. The maximum absolute atomic E-state index is 13.1. The smallest absolute Gasteiger partial charge is 0.264 e. The zero-order chi connectivity index (χ0) is 16.9.